The van der Waals surface area contributed by atoms with Crippen molar-refractivity contribution >= 4 is 35.3 Å². The molecule has 0 radical (unpaired) electrons. The Morgan fingerprint density at radius 1 is 0.570 bits per heavy atom. The summed E-state index contributed by atoms with van der Waals surface area (Å²) in [5, 5.41) is 87.1. The summed E-state index contributed by atoms with van der Waals surface area (Å²) in [5.74, 6) is -3.72. The molecule has 2 unspecified atom stereocenters. The number of hydrogen-bond donors (Lipinski definition) is 9. The number of carboxylic acids is 3. The predicted octanol–water partition coefficient (Wildman–Crippen LogP) is 11.0. The molecule has 0 aromatic heterocycles. The van der Waals surface area contributed by atoms with Crippen molar-refractivity contribution in [2.45, 2.75) is 245 Å². The van der Waals surface area contributed by atoms with Crippen LogP contribution >= 0.6 is 0 Å². The van der Waals surface area contributed by atoms with Crippen LogP contribution < -0.4 is 0 Å². The van der Waals surface area contributed by atoms with Crippen molar-refractivity contribution in [2.24, 2.45) is 47.3 Å². The largest absolute Gasteiger partial charge is 0.481 e. The van der Waals surface area contributed by atoms with E-state index < -0.39 is 60.4 Å². The van der Waals surface area contributed by atoms with Gasteiger partial charge in [0.25, 0.3) is 0 Å². The standard InChI is InChI=1S/C23H38O5.C21H36O5.C20H30O5/c1-4-5-6-9-12-18(24)15-16(2)21-19(22(27)17(3)23(21)28)13-10-7-8-11-14-20(25)26;1-3-4-5-8-16(22)11-13-18-17(19(23)14-20(18)24)12-10-15(2)7-6-9-21(25)26;1-2-3-6-9-15(21)12-13-17-16(18(22)14-19(17)23)10-7-4-5-8-11-20(24)25/h7,10,15,17-19,21,23-24,28H,4-6,8-9,11-14H2,1-3H3,(H,25,26);11,13,15-18,20,22,24H,3-10,12,14H2,1-2H3,(H,25,26);3-4,6-7,12-13,15-17,19,21,23H,2,5,8-11,14H2,1H3,(H,24,25)/b10-7-,16-15+;13-11+;6-3-,7-4-,13-12+/t17?,18-,19+,21+,23+;15?,16-,17-,18-,20-;15-,16+,17+,19+/m000/s1. The number of unbranched alkanes of at least 4 members (excludes halogenated alkanes) is 7. The quantitative estimate of drug-likeness (QED) is 0.0207. The van der Waals surface area contributed by atoms with Crippen molar-refractivity contribution in [3.8, 4) is 0 Å². The number of Topliss-reactive ketones (excluding diaryl/α,β-unsaturated/α-hetero) is 3. The number of ketones is 3. The molecule has 0 heterocycles. The van der Waals surface area contributed by atoms with Gasteiger partial charge in [-0.05, 0) is 96.3 Å². The van der Waals surface area contributed by atoms with Gasteiger partial charge in [0.05, 0.1) is 36.6 Å². The van der Waals surface area contributed by atoms with Crippen molar-refractivity contribution in [3.05, 3.63) is 72.4 Å². The Bertz CT molecular complexity index is 1950. The minimum Gasteiger partial charge on any atom is -0.481 e. The normalized spacial score (nSPS) is 26.1. The summed E-state index contributed by atoms with van der Waals surface area (Å²) < 4.78 is 0. The second-order valence-electron chi connectivity index (χ2n) is 22.5. The number of rotatable bonds is 37. The van der Waals surface area contributed by atoms with Crippen molar-refractivity contribution in [3.63, 3.8) is 0 Å². The summed E-state index contributed by atoms with van der Waals surface area (Å²) in [6.45, 7) is 12.1. The van der Waals surface area contributed by atoms with Crippen molar-refractivity contribution < 1.29 is 74.7 Å². The number of carboxylic acid groups (broad SMARTS) is 3. The molecule has 0 spiro atoms. The van der Waals surface area contributed by atoms with Gasteiger partial charge >= 0.3 is 17.9 Å². The summed E-state index contributed by atoms with van der Waals surface area (Å²) in [7, 11) is 0. The molecule has 0 aromatic carbocycles. The molecule has 14 atom stereocenters. The molecular formula is C64H104O15. The molecule has 450 valence electrons. The van der Waals surface area contributed by atoms with Gasteiger partial charge in [-0.15, -0.1) is 0 Å². The van der Waals surface area contributed by atoms with Crippen molar-refractivity contribution in [1.29, 1.82) is 0 Å². The van der Waals surface area contributed by atoms with Gasteiger partial charge in [0.1, 0.15) is 17.3 Å². The number of aliphatic hydroxyl groups is 6. The van der Waals surface area contributed by atoms with Crippen LogP contribution in [-0.2, 0) is 28.8 Å². The molecule has 0 aliphatic heterocycles. The fourth-order valence-corrected chi connectivity index (χ4v) is 10.8. The first kappa shape index (κ1) is 72.6. The van der Waals surface area contributed by atoms with Gasteiger partial charge in [0.2, 0.25) is 0 Å². The topological polar surface area (TPSA) is 284 Å². The summed E-state index contributed by atoms with van der Waals surface area (Å²) in [5.41, 5.74) is 0.887. The fraction of sp³-hybridized carbons (Fsp3) is 0.719. The monoisotopic (exact) mass is 1110 g/mol. The van der Waals surface area contributed by atoms with Crippen LogP contribution in [0, 0.1) is 47.3 Å². The number of allylic oxidation sites excluding steroid dienone is 5. The molecule has 0 aromatic rings. The Hall–Kier alpha value is -4.38. The summed E-state index contributed by atoms with van der Waals surface area (Å²) in [6, 6.07) is 0. The molecule has 3 rings (SSSR count). The van der Waals surface area contributed by atoms with Crippen LogP contribution in [0.1, 0.15) is 208 Å². The minimum absolute atomic E-state index is 0.0395. The summed E-state index contributed by atoms with van der Waals surface area (Å²) in [6.07, 6.45) is 34.5. The molecular weight excluding hydrogens is 1010 g/mol. The average Bonchev–Trinajstić information content (AvgIpc) is 3.92. The lowest BCUT2D eigenvalue weighted by Crippen LogP contribution is -2.24. The molecule has 15 heteroatoms. The van der Waals surface area contributed by atoms with Crippen LogP contribution in [0.5, 0.6) is 0 Å². The predicted molar refractivity (Wildman–Crippen MR) is 310 cm³/mol. The first-order valence-electron chi connectivity index (χ1n) is 29.9. The molecule has 79 heavy (non-hydrogen) atoms. The van der Waals surface area contributed by atoms with Crippen LogP contribution in [0.25, 0.3) is 0 Å². The summed E-state index contributed by atoms with van der Waals surface area (Å²) in [4.78, 5) is 68.5. The van der Waals surface area contributed by atoms with E-state index in [1.54, 1.807) is 25.2 Å². The van der Waals surface area contributed by atoms with E-state index in [0.717, 1.165) is 63.4 Å². The van der Waals surface area contributed by atoms with E-state index in [1.807, 2.05) is 62.5 Å². The van der Waals surface area contributed by atoms with Gasteiger partial charge < -0.3 is 46.0 Å². The Labute approximate surface area is 473 Å². The molecule has 0 amide bonds. The van der Waals surface area contributed by atoms with E-state index in [2.05, 4.69) is 20.8 Å². The highest BCUT2D eigenvalue weighted by Crippen LogP contribution is 2.41. The third-order valence-electron chi connectivity index (χ3n) is 15.6. The van der Waals surface area contributed by atoms with E-state index in [9.17, 15) is 59.4 Å². The number of aliphatic carboxylic acids is 3. The molecule has 0 bridgehead atoms. The van der Waals surface area contributed by atoms with Gasteiger partial charge in [-0.25, -0.2) is 0 Å². The van der Waals surface area contributed by atoms with Gasteiger partial charge in [-0.3, -0.25) is 28.8 Å². The average molecular weight is 1110 g/mol. The fourth-order valence-electron chi connectivity index (χ4n) is 10.8. The van der Waals surface area contributed by atoms with E-state index in [0.29, 0.717) is 76.5 Å². The molecule has 0 saturated heterocycles. The Morgan fingerprint density at radius 3 is 1.62 bits per heavy atom. The lowest BCUT2D eigenvalue weighted by molar-refractivity contribution is -0.138. The van der Waals surface area contributed by atoms with Gasteiger partial charge in [-0.1, -0.05) is 158 Å². The number of aliphatic hydroxyl groups excluding tert-OH is 6. The zero-order valence-electron chi connectivity index (χ0n) is 48.8. The smallest absolute Gasteiger partial charge is 0.303 e. The first-order valence-corrected chi connectivity index (χ1v) is 29.9. The first-order chi connectivity index (χ1) is 37.6. The molecule has 15 nitrogen and oxygen atoms in total. The van der Waals surface area contributed by atoms with E-state index >= 15 is 0 Å². The molecule has 3 fully saturated rings. The maximum Gasteiger partial charge on any atom is 0.303 e. The maximum absolute atomic E-state index is 12.6. The third kappa shape index (κ3) is 30.9. The van der Waals surface area contributed by atoms with E-state index in [4.69, 9.17) is 15.3 Å². The van der Waals surface area contributed by atoms with Crippen LogP contribution in [0.4, 0.5) is 0 Å². The second kappa shape index (κ2) is 42.5. The number of carbonyl (C=O) groups excluding carboxylic acids is 3. The lowest BCUT2D eigenvalue weighted by Gasteiger charge is -2.22. The minimum atomic E-state index is -0.806. The molecule has 9 N–H and O–H groups in total. The van der Waals surface area contributed by atoms with Crippen molar-refractivity contribution in [2.75, 3.05) is 0 Å². The van der Waals surface area contributed by atoms with Gasteiger partial charge in [0, 0.05) is 73.5 Å². The maximum atomic E-state index is 12.6. The molecule has 3 saturated carbocycles. The van der Waals surface area contributed by atoms with E-state index in [1.165, 1.54) is 6.42 Å². The third-order valence-corrected chi connectivity index (χ3v) is 15.6. The Kier molecular flexibility index (Phi) is 39.0. The highest BCUT2D eigenvalue weighted by Gasteiger charge is 2.47. The van der Waals surface area contributed by atoms with Crippen LogP contribution in [-0.4, -0.2) is 118 Å². The van der Waals surface area contributed by atoms with Crippen molar-refractivity contribution in [1.82, 2.24) is 0 Å². The second-order valence-corrected chi connectivity index (χ2v) is 22.5. The zero-order valence-corrected chi connectivity index (χ0v) is 48.8. The zero-order chi connectivity index (χ0) is 59.3. The number of carbonyl (C=O) groups is 6. The highest BCUT2D eigenvalue weighted by molar-refractivity contribution is 5.87. The summed E-state index contributed by atoms with van der Waals surface area (Å²) >= 11 is 0. The van der Waals surface area contributed by atoms with Crippen LogP contribution in [0.15, 0.2) is 72.4 Å². The molecule has 3 aliphatic rings. The van der Waals surface area contributed by atoms with Crippen LogP contribution in [0.2, 0.25) is 0 Å². The van der Waals surface area contributed by atoms with Gasteiger partial charge in [-0.2, -0.15) is 0 Å². The lowest BCUT2D eigenvalue weighted by atomic mass is 9.84. The SMILES string of the molecule is CC/C=C\C[C@H](O)/C=C/[C@H]1[C@H](O)CC(=O)[C@@H]1C/C=C\CCCC(=O)O.CCCCCC[C@H](O)/C=C(\C)[C@H]1[C@H](O)C(C)C(=O)[C@@H]1C/C=C\CCCC(=O)O.CCCCC[C@H](O)/C=C/[C@H]1[C@H](CCC(C)CCCC(=O)O)C(=O)C[C@@H]1O. The highest BCUT2D eigenvalue weighted by atomic mass is 16.4. The van der Waals surface area contributed by atoms with E-state index in [-0.39, 0.29) is 85.0 Å². The van der Waals surface area contributed by atoms with Crippen LogP contribution in [0.3, 0.4) is 0 Å². The number of hydrogen-bond acceptors (Lipinski definition) is 12. The Balaban J connectivity index is 0.000000594. The van der Waals surface area contributed by atoms with Gasteiger partial charge in [0.15, 0.2) is 0 Å². The molecule has 3 aliphatic carbocycles. The Morgan fingerprint density at radius 2 is 1.06 bits per heavy atom.